The number of halogens is 2. The van der Waals surface area contributed by atoms with Crippen LogP contribution in [0.3, 0.4) is 0 Å². The highest BCUT2D eigenvalue weighted by Crippen LogP contribution is 2.18. The average molecular weight is 343 g/mol. The van der Waals surface area contributed by atoms with Crippen molar-refractivity contribution < 1.29 is 0 Å². The quantitative estimate of drug-likeness (QED) is 0.749. The first-order valence-corrected chi connectivity index (χ1v) is 7.90. The van der Waals surface area contributed by atoms with Crippen molar-refractivity contribution in [2.45, 2.75) is 26.3 Å². The van der Waals surface area contributed by atoms with Crippen LogP contribution in [0.4, 0.5) is 0 Å². The Bertz CT molecular complexity index is 527. The van der Waals surface area contributed by atoms with Crippen molar-refractivity contribution in [3.05, 3.63) is 47.0 Å². The largest absolute Gasteiger partial charge is 0.250 e. The first-order chi connectivity index (χ1) is 9.22. The molecule has 0 aliphatic carbocycles. The minimum atomic E-state index is 0.493. The topological polar surface area (TPSA) is 30.7 Å². The number of aryl methyl sites for hydroxylation is 1. The molecule has 19 heavy (non-hydrogen) atoms. The molecule has 3 nitrogen and oxygen atoms in total. The monoisotopic (exact) mass is 341 g/mol. The SMILES string of the molecule is CCn1ncnc1CC(CBr)Cc1cccc(Cl)c1. The molecule has 1 aromatic heterocycles. The molecular weight excluding hydrogens is 326 g/mol. The molecule has 0 N–H and O–H groups in total. The Balaban J connectivity index is 2.04. The van der Waals surface area contributed by atoms with Crippen molar-refractivity contribution >= 4 is 27.5 Å². The van der Waals surface area contributed by atoms with Crippen molar-refractivity contribution in [3.8, 4) is 0 Å². The van der Waals surface area contributed by atoms with Gasteiger partial charge >= 0.3 is 0 Å². The second kappa shape index (κ2) is 7.06. The molecule has 0 aliphatic rings. The Labute approximate surface area is 127 Å². The lowest BCUT2D eigenvalue weighted by Crippen LogP contribution is -2.14. The van der Waals surface area contributed by atoms with E-state index in [1.807, 2.05) is 22.9 Å². The lowest BCUT2D eigenvalue weighted by Gasteiger charge is -2.14. The maximum absolute atomic E-state index is 6.02. The van der Waals surface area contributed by atoms with Gasteiger partial charge in [-0.25, -0.2) is 4.98 Å². The standard InChI is InChI=1S/C14H17BrClN3/c1-2-19-14(17-10-18-19)8-12(9-15)6-11-4-3-5-13(16)7-11/h3-5,7,10,12H,2,6,8-9H2,1H3. The Hall–Kier alpha value is -0.870. The smallest absolute Gasteiger partial charge is 0.138 e. The third-order valence-corrected chi connectivity index (χ3v) is 4.25. The van der Waals surface area contributed by atoms with Gasteiger partial charge in [0.15, 0.2) is 0 Å². The van der Waals surface area contributed by atoms with Gasteiger partial charge in [0.05, 0.1) is 0 Å². The zero-order valence-corrected chi connectivity index (χ0v) is 13.2. The van der Waals surface area contributed by atoms with Gasteiger partial charge in [-0.2, -0.15) is 5.10 Å². The van der Waals surface area contributed by atoms with E-state index >= 15 is 0 Å². The van der Waals surface area contributed by atoms with E-state index in [0.29, 0.717) is 5.92 Å². The number of aromatic nitrogens is 3. The van der Waals surface area contributed by atoms with Gasteiger partial charge in [-0.3, -0.25) is 4.68 Å². The van der Waals surface area contributed by atoms with E-state index in [9.17, 15) is 0 Å². The summed E-state index contributed by atoms with van der Waals surface area (Å²) in [6.45, 7) is 2.94. The summed E-state index contributed by atoms with van der Waals surface area (Å²) in [5, 5.41) is 5.95. The number of nitrogens with zero attached hydrogens (tertiary/aromatic N) is 3. The minimum absolute atomic E-state index is 0.493. The average Bonchev–Trinajstić information content (AvgIpc) is 2.85. The first kappa shape index (κ1) is 14.5. The fourth-order valence-corrected chi connectivity index (χ4v) is 2.82. The van der Waals surface area contributed by atoms with Gasteiger partial charge in [0.1, 0.15) is 12.2 Å². The third-order valence-electron chi connectivity index (χ3n) is 3.10. The Morgan fingerprint density at radius 1 is 1.37 bits per heavy atom. The lowest BCUT2D eigenvalue weighted by molar-refractivity contribution is 0.528. The third kappa shape index (κ3) is 4.05. The summed E-state index contributed by atoms with van der Waals surface area (Å²) in [4.78, 5) is 4.34. The van der Waals surface area contributed by atoms with Gasteiger partial charge in [-0.1, -0.05) is 39.7 Å². The summed E-state index contributed by atoms with van der Waals surface area (Å²) in [7, 11) is 0. The van der Waals surface area contributed by atoms with Crippen LogP contribution < -0.4 is 0 Å². The molecule has 0 fully saturated rings. The molecule has 0 radical (unpaired) electrons. The number of alkyl halides is 1. The fraction of sp³-hybridized carbons (Fsp3) is 0.429. The van der Waals surface area contributed by atoms with Crippen molar-refractivity contribution in [2.24, 2.45) is 5.92 Å². The molecule has 0 aliphatic heterocycles. The number of benzene rings is 1. The summed E-state index contributed by atoms with van der Waals surface area (Å²) in [6.07, 6.45) is 3.54. The second-order valence-electron chi connectivity index (χ2n) is 4.55. The summed E-state index contributed by atoms with van der Waals surface area (Å²) >= 11 is 9.62. The van der Waals surface area contributed by atoms with Crippen LogP contribution in [-0.2, 0) is 19.4 Å². The van der Waals surface area contributed by atoms with Crippen molar-refractivity contribution in [2.75, 3.05) is 5.33 Å². The van der Waals surface area contributed by atoms with Crippen molar-refractivity contribution in [1.82, 2.24) is 14.8 Å². The van der Waals surface area contributed by atoms with Gasteiger partial charge in [-0.15, -0.1) is 0 Å². The summed E-state index contributed by atoms with van der Waals surface area (Å²) in [5.74, 6) is 1.54. The van der Waals surface area contributed by atoms with E-state index in [4.69, 9.17) is 11.6 Å². The number of hydrogen-bond donors (Lipinski definition) is 0. The number of hydrogen-bond acceptors (Lipinski definition) is 2. The predicted molar refractivity (Wildman–Crippen MR) is 81.8 cm³/mol. The highest BCUT2D eigenvalue weighted by atomic mass is 79.9. The molecule has 5 heteroatoms. The maximum Gasteiger partial charge on any atom is 0.138 e. The molecule has 1 unspecified atom stereocenters. The summed E-state index contributed by atoms with van der Waals surface area (Å²) in [6, 6.07) is 8.05. The van der Waals surface area contributed by atoms with Crippen LogP contribution in [0, 0.1) is 5.92 Å². The summed E-state index contributed by atoms with van der Waals surface area (Å²) in [5.41, 5.74) is 1.26. The molecule has 0 amide bonds. The molecule has 0 saturated heterocycles. The molecule has 102 valence electrons. The highest BCUT2D eigenvalue weighted by Gasteiger charge is 2.13. The summed E-state index contributed by atoms with van der Waals surface area (Å²) < 4.78 is 1.95. The number of rotatable bonds is 6. The van der Waals surface area contributed by atoms with Crippen LogP contribution in [0.15, 0.2) is 30.6 Å². The van der Waals surface area contributed by atoms with E-state index in [1.54, 1.807) is 6.33 Å². The van der Waals surface area contributed by atoms with Gasteiger partial charge in [-0.05, 0) is 37.0 Å². The molecule has 0 saturated carbocycles. The second-order valence-corrected chi connectivity index (χ2v) is 5.63. The molecule has 0 bridgehead atoms. The van der Waals surface area contributed by atoms with Crippen LogP contribution in [0.1, 0.15) is 18.3 Å². The zero-order chi connectivity index (χ0) is 13.7. The lowest BCUT2D eigenvalue weighted by atomic mass is 9.98. The van der Waals surface area contributed by atoms with E-state index in [-0.39, 0.29) is 0 Å². The fourth-order valence-electron chi connectivity index (χ4n) is 2.15. The van der Waals surface area contributed by atoms with Crippen molar-refractivity contribution in [3.63, 3.8) is 0 Å². The van der Waals surface area contributed by atoms with Crippen LogP contribution >= 0.6 is 27.5 Å². The highest BCUT2D eigenvalue weighted by molar-refractivity contribution is 9.09. The van der Waals surface area contributed by atoms with E-state index < -0.39 is 0 Å². The van der Waals surface area contributed by atoms with Gasteiger partial charge in [0.25, 0.3) is 0 Å². The predicted octanol–water partition coefficient (Wildman–Crippen LogP) is 3.75. The van der Waals surface area contributed by atoms with Crippen LogP contribution in [0.5, 0.6) is 0 Å². The normalized spacial score (nSPS) is 12.6. The van der Waals surface area contributed by atoms with Gasteiger partial charge < -0.3 is 0 Å². The molecule has 2 aromatic rings. The van der Waals surface area contributed by atoms with E-state index in [1.165, 1.54) is 5.56 Å². The first-order valence-electron chi connectivity index (χ1n) is 6.40. The van der Waals surface area contributed by atoms with Crippen LogP contribution in [-0.4, -0.2) is 20.1 Å². The molecular formula is C14H17BrClN3. The van der Waals surface area contributed by atoms with E-state index in [2.05, 4.69) is 39.0 Å². The Morgan fingerprint density at radius 2 is 2.21 bits per heavy atom. The van der Waals surface area contributed by atoms with Gasteiger partial charge in [0, 0.05) is 23.3 Å². The molecule has 1 atom stereocenters. The zero-order valence-electron chi connectivity index (χ0n) is 10.9. The molecule has 0 spiro atoms. The van der Waals surface area contributed by atoms with Gasteiger partial charge in [0.2, 0.25) is 0 Å². The maximum atomic E-state index is 6.02. The molecule has 1 aromatic carbocycles. The minimum Gasteiger partial charge on any atom is -0.250 e. The van der Waals surface area contributed by atoms with Crippen molar-refractivity contribution in [1.29, 1.82) is 0 Å². The molecule has 2 rings (SSSR count). The molecule has 1 heterocycles. The Morgan fingerprint density at radius 3 is 2.89 bits per heavy atom. The van der Waals surface area contributed by atoms with Crippen LogP contribution in [0.2, 0.25) is 5.02 Å². The van der Waals surface area contributed by atoms with Crippen LogP contribution in [0.25, 0.3) is 0 Å². The Kier molecular flexibility index (Phi) is 5.40. The van der Waals surface area contributed by atoms with E-state index in [0.717, 1.165) is 35.6 Å².